The first kappa shape index (κ1) is 10.2. The summed E-state index contributed by atoms with van der Waals surface area (Å²) in [6.07, 6.45) is 7.64. The smallest absolute Gasteiger partial charge is 0.145 e. The van der Waals surface area contributed by atoms with Crippen molar-refractivity contribution in [2.24, 2.45) is 0 Å². The highest BCUT2D eigenvalue weighted by atomic mass is 16.1. The lowest BCUT2D eigenvalue weighted by Crippen LogP contribution is -1.94. The fourth-order valence-corrected chi connectivity index (χ4v) is 2.18. The van der Waals surface area contributed by atoms with Gasteiger partial charge in [-0.25, -0.2) is 0 Å². The van der Waals surface area contributed by atoms with Crippen molar-refractivity contribution < 1.29 is 4.79 Å². The van der Waals surface area contributed by atoms with Crippen molar-refractivity contribution in [2.45, 2.75) is 31.6 Å². The highest BCUT2D eigenvalue weighted by Gasteiger charge is 2.13. The van der Waals surface area contributed by atoms with Crippen molar-refractivity contribution in [1.29, 1.82) is 0 Å². The second kappa shape index (κ2) is 4.92. The van der Waals surface area contributed by atoms with Gasteiger partial charge in [0.2, 0.25) is 0 Å². The third-order valence-corrected chi connectivity index (χ3v) is 3.02. The van der Waals surface area contributed by atoms with Crippen molar-refractivity contribution in [3.05, 3.63) is 47.5 Å². The molecule has 0 spiro atoms. The molecule has 0 radical (unpaired) electrons. The van der Waals surface area contributed by atoms with Gasteiger partial charge in [-0.3, -0.25) is 4.79 Å². The van der Waals surface area contributed by atoms with Crippen molar-refractivity contribution in [3.63, 3.8) is 0 Å². The second-order valence-electron chi connectivity index (χ2n) is 4.12. The maximum Gasteiger partial charge on any atom is 0.145 e. The summed E-state index contributed by atoms with van der Waals surface area (Å²) in [5, 5.41) is 0. The van der Waals surface area contributed by atoms with E-state index in [0.29, 0.717) is 5.92 Å². The van der Waals surface area contributed by atoms with Crippen LogP contribution in [0.1, 0.15) is 37.2 Å². The van der Waals surface area contributed by atoms with E-state index >= 15 is 0 Å². The molecule has 0 N–H and O–H groups in total. The predicted octanol–water partition coefficient (Wildman–Crippen LogP) is 3.47. The van der Waals surface area contributed by atoms with Gasteiger partial charge in [0.05, 0.1) is 0 Å². The lowest BCUT2D eigenvalue weighted by atomic mass is 9.94. The summed E-state index contributed by atoms with van der Waals surface area (Å²) in [4.78, 5) is 10.8. The van der Waals surface area contributed by atoms with Gasteiger partial charge in [0, 0.05) is 5.92 Å². The molecule has 1 nitrogen and oxygen atoms in total. The van der Waals surface area contributed by atoms with Crippen LogP contribution in [0.2, 0.25) is 0 Å². The van der Waals surface area contributed by atoms with Crippen LogP contribution in [-0.2, 0) is 4.79 Å². The van der Waals surface area contributed by atoms with Crippen molar-refractivity contribution in [3.8, 4) is 0 Å². The Kier molecular flexibility index (Phi) is 3.33. The summed E-state index contributed by atoms with van der Waals surface area (Å²) in [5.41, 5.74) is 2.31. The van der Waals surface area contributed by atoms with Gasteiger partial charge in [-0.15, -0.1) is 0 Å². The zero-order valence-electron chi connectivity index (χ0n) is 8.86. The molecule has 0 fully saturated rings. The van der Waals surface area contributed by atoms with Gasteiger partial charge in [-0.05, 0) is 30.4 Å². The molecule has 2 rings (SSSR count). The normalized spacial score (nSPS) is 21.6. The summed E-state index contributed by atoms with van der Waals surface area (Å²) in [7, 11) is 0. The molecule has 0 heterocycles. The molecule has 1 aliphatic carbocycles. The Balaban J connectivity index is 2.24. The highest BCUT2D eigenvalue weighted by Crippen LogP contribution is 2.29. The number of hydrogen-bond donors (Lipinski definition) is 0. The standard InChI is InChI=1S/C14H16O/c15-11-12-6-4-5-9-14(10-12)13-7-2-1-3-8-13/h1-3,7-8,10-11,14H,4-6,9H2. The Labute approximate surface area is 90.8 Å². The maximum absolute atomic E-state index is 10.8. The van der Waals surface area contributed by atoms with Crippen LogP contribution in [0.25, 0.3) is 0 Å². The molecule has 0 bridgehead atoms. The van der Waals surface area contributed by atoms with Crippen LogP contribution >= 0.6 is 0 Å². The Morgan fingerprint density at radius 3 is 2.67 bits per heavy atom. The Bertz CT molecular complexity index is 351. The van der Waals surface area contributed by atoms with E-state index in [1.165, 1.54) is 18.4 Å². The van der Waals surface area contributed by atoms with Crippen molar-refractivity contribution in [1.82, 2.24) is 0 Å². The first-order chi connectivity index (χ1) is 7.40. The van der Waals surface area contributed by atoms with Gasteiger partial charge in [-0.1, -0.05) is 42.8 Å². The molecule has 1 aromatic carbocycles. The second-order valence-corrected chi connectivity index (χ2v) is 4.12. The molecule has 0 aromatic heterocycles. The minimum Gasteiger partial charge on any atom is -0.298 e. The Hall–Kier alpha value is -1.37. The minimum atomic E-state index is 0.439. The summed E-state index contributed by atoms with van der Waals surface area (Å²) in [6.45, 7) is 0. The number of carbonyl (C=O) groups is 1. The van der Waals surface area contributed by atoms with Crippen LogP contribution in [0.4, 0.5) is 0 Å². The number of benzene rings is 1. The summed E-state index contributed by atoms with van der Waals surface area (Å²) in [6, 6.07) is 10.5. The van der Waals surface area contributed by atoms with E-state index in [0.717, 1.165) is 24.7 Å². The van der Waals surface area contributed by atoms with Crippen molar-refractivity contribution in [2.75, 3.05) is 0 Å². The van der Waals surface area contributed by atoms with E-state index in [-0.39, 0.29) is 0 Å². The molecule has 1 heteroatoms. The van der Waals surface area contributed by atoms with Gasteiger partial charge in [-0.2, -0.15) is 0 Å². The molecule has 15 heavy (non-hydrogen) atoms. The molecule has 1 unspecified atom stereocenters. The molecular weight excluding hydrogens is 184 g/mol. The summed E-state index contributed by atoms with van der Waals surface area (Å²) in [5.74, 6) is 0.439. The van der Waals surface area contributed by atoms with E-state index in [2.05, 4.69) is 30.3 Å². The quantitative estimate of drug-likeness (QED) is 0.668. The molecular formula is C14H16O. The molecule has 0 aliphatic heterocycles. The molecule has 1 aromatic rings. The van der Waals surface area contributed by atoms with Crippen LogP contribution in [0.5, 0.6) is 0 Å². The van der Waals surface area contributed by atoms with Crippen LogP contribution < -0.4 is 0 Å². The maximum atomic E-state index is 10.8. The zero-order valence-corrected chi connectivity index (χ0v) is 8.86. The summed E-state index contributed by atoms with van der Waals surface area (Å²) >= 11 is 0. The van der Waals surface area contributed by atoms with Gasteiger partial charge < -0.3 is 0 Å². The molecule has 0 amide bonds. The van der Waals surface area contributed by atoms with E-state index in [1.807, 2.05) is 6.07 Å². The molecule has 0 saturated heterocycles. The number of carbonyl (C=O) groups excluding carboxylic acids is 1. The number of hydrogen-bond acceptors (Lipinski definition) is 1. The van der Waals surface area contributed by atoms with Crippen molar-refractivity contribution >= 4 is 6.29 Å². The summed E-state index contributed by atoms with van der Waals surface area (Å²) < 4.78 is 0. The van der Waals surface area contributed by atoms with Crippen LogP contribution in [0.3, 0.4) is 0 Å². The van der Waals surface area contributed by atoms with E-state index < -0.39 is 0 Å². The van der Waals surface area contributed by atoms with Gasteiger partial charge in [0.1, 0.15) is 6.29 Å². The first-order valence-electron chi connectivity index (χ1n) is 5.61. The van der Waals surface area contributed by atoms with E-state index in [1.54, 1.807) is 0 Å². The van der Waals surface area contributed by atoms with E-state index in [4.69, 9.17) is 0 Å². The minimum absolute atomic E-state index is 0.439. The van der Waals surface area contributed by atoms with E-state index in [9.17, 15) is 4.79 Å². The SMILES string of the molecule is O=CC1=CC(c2ccccc2)CCCC1. The average molecular weight is 200 g/mol. The van der Waals surface area contributed by atoms with Gasteiger partial charge in [0.25, 0.3) is 0 Å². The van der Waals surface area contributed by atoms with Crippen LogP contribution in [0.15, 0.2) is 42.0 Å². The van der Waals surface area contributed by atoms with Crippen LogP contribution in [-0.4, -0.2) is 6.29 Å². The fourth-order valence-electron chi connectivity index (χ4n) is 2.18. The molecule has 78 valence electrons. The first-order valence-corrected chi connectivity index (χ1v) is 5.61. The number of rotatable bonds is 2. The third-order valence-electron chi connectivity index (χ3n) is 3.02. The van der Waals surface area contributed by atoms with Crippen LogP contribution in [0, 0.1) is 0 Å². The Morgan fingerprint density at radius 1 is 1.13 bits per heavy atom. The fraction of sp³-hybridized carbons (Fsp3) is 0.357. The third kappa shape index (κ3) is 2.56. The van der Waals surface area contributed by atoms with Gasteiger partial charge in [0.15, 0.2) is 0 Å². The van der Waals surface area contributed by atoms with Gasteiger partial charge >= 0.3 is 0 Å². The Morgan fingerprint density at radius 2 is 1.93 bits per heavy atom. The predicted molar refractivity (Wildman–Crippen MR) is 61.8 cm³/mol. The highest BCUT2D eigenvalue weighted by molar-refractivity contribution is 5.73. The average Bonchev–Trinajstić information content (AvgIpc) is 2.55. The number of allylic oxidation sites excluding steroid dienone is 2. The molecule has 0 saturated carbocycles. The largest absolute Gasteiger partial charge is 0.298 e. The monoisotopic (exact) mass is 200 g/mol. The molecule has 1 aliphatic rings. The zero-order chi connectivity index (χ0) is 10.5. The number of aldehydes is 1. The lowest BCUT2D eigenvalue weighted by Gasteiger charge is -2.10. The lowest BCUT2D eigenvalue weighted by molar-refractivity contribution is -0.105. The molecule has 1 atom stereocenters. The topological polar surface area (TPSA) is 17.1 Å².